The number of hydrogen-bond acceptors (Lipinski definition) is 3. The standard InChI is InChI=1S/C9H17O3P/c1-3-11-13(10,12-4-2)9-7-5-6-8-9/h7H,3-6,8H2,1-2H3. The van der Waals surface area contributed by atoms with Gasteiger partial charge >= 0.3 is 7.60 Å². The van der Waals surface area contributed by atoms with E-state index in [9.17, 15) is 4.57 Å². The van der Waals surface area contributed by atoms with Gasteiger partial charge in [-0.05, 0) is 33.1 Å². The Morgan fingerprint density at radius 1 is 1.38 bits per heavy atom. The molecule has 4 heteroatoms. The SMILES string of the molecule is CCOP(=O)(OCC)C1=CCCC1. The molecule has 13 heavy (non-hydrogen) atoms. The van der Waals surface area contributed by atoms with Gasteiger partial charge in [0, 0.05) is 5.31 Å². The van der Waals surface area contributed by atoms with E-state index in [0.717, 1.165) is 24.6 Å². The van der Waals surface area contributed by atoms with Crippen molar-refractivity contribution in [1.82, 2.24) is 0 Å². The van der Waals surface area contributed by atoms with Crippen LogP contribution in [0.5, 0.6) is 0 Å². The van der Waals surface area contributed by atoms with Gasteiger partial charge in [0.05, 0.1) is 13.2 Å². The van der Waals surface area contributed by atoms with Gasteiger partial charge in [-0.15, -0.1) is 0 Å². The first-order chi connectivity index (χ1) is 6.23. The van der Waals surface area contributed by atoms with E-state index in [1.807, 2.05) is 19.9 Å². The maximum Gasteiger partial charge on any atom is 0.356 e. The molecule has 0 bridgehead atoms. The van der Waals surface area contributed by atoms with Gasteiger partial charge in [0.1, 0.15) is 0 Å². The minimum absolute atomic E-state index is 0.439. The highest BCUT2D eigenvalue weighted by Crippen LogP contribution is 2.59. The van der Waals surface area contributed by atoms with E-state index >= 15 is 0 Å². The largest absolute Gasteiger partial charge is 0.356 e. The predicted octanol–water partition coefficient (Wildman–Crippen LogP) is 3.32. The monoisotopic (exact) mass is 204 g/mol. The molecule has 0 aliphatic heterocycles. The first-order valence-electron chi connectivity index (χ1n) is 4.81. The molecule has 0 saturated carbocycles. The summed E-state index contributed by atoms with van der Waals surface area (Å²) in [5, 5.41) is 0.871. The lowest BCUT2D eigenvalue weighted by Gasteiger charge is -2.17. The molecule has 0 aromatic rings. The Balaban J connectivity index is 2.70. The fourth-order valence-electron chi connectivity index (χ4n) is 1.45. The fraction of sp³-hybridized carbons (Fsp3) is 0.778. The van der Waals surface area contributed by atoms with Gasteiger partial charge in [0.2, 0.25) is 0 Å². The van der Waals surface area contributed by atoms with E-state index in [1.54, 1.807) is 0 Å². The van der Waals surface area contributed by atoms with Gasteiger partial charge in [-0.3, -0.25) is 4.57 Å². The molecular formula is C9H17O3P. The van der Waals surface area contributed by atoms with E-state index in [-0.39, 0.29) is 0 Å². The highest BCUT2D eigenvalue weighted by atomic mass is 31.2. The Kier molecular flexibility index (Phi) is 4.17. The van der Waals surface area contributed by atoms with E-state index in [2.05, 4.69) is 0 Å². The third-order valence-corrected chi connectivity index (χ3v) is 4.27. The fourth-order valence-corrected chi connectivity index (χ4v) is 3.32. The number of hydrogen-bond donors (Lipinski definition) is 0. The molecule has 0 heterocycles. The van der Waals surface area contributed by atoms with Gasteiger partial charge in [0.15, 0.2) is 0 Å². The summed E-state index contributed by atoms with van der Waals surface area (Å²) in [6, 6.07) is 0. The van der Waals surface area contributed by atoms with Crippen LogP contribution in [0, 0.1) is 0 Å². The van der Waals surface area contributed by atoms with Gasteiger partial charge in [-0.2, -0.15) is 0 Å². The van der Waals surface area contributed by atoms with Crippen LogP contribution in [-0.4, -0.2) is 13.2 Å². The molecule has 0 aromatic carbocycles. The van der Waals surface area contributed by atoms with Crippen LogP contribution >= 0.6 is 7.60 Å². The lowest BCUT2D eigenvalue weighted by atomic mass is 10.4. The van der Waals surface area contributed by atoms with Crippen LogP contribution in [0.1, 0.15) is 33.1 Å². The van der Waals surface area contributed by atoms with Gasteiger partial charge < -0.3 is 9.05 Å². The highest BCUT2D eigenvalue weighted by molar-refractivity contribution is 7.58. The van der Waals surface area contributed by atoms with Crippen molar-refractivity contribution in [2.75, 3.05) is 13.2 Å². The topological polar surface area (TPSA) is 35.5 Å². The Bertz CT molecular complexity index is 225. The van der Waals surface area contributed by atoms with Crippen molar-refractivity contribution in [3.8, 4) is 0 Å². The Morgan fingerprint density at radius 3 is 2.38 bits per heavy atom. The molecule has 0 amide bonds. The molecule has 1 rings (SSSR count). The molecule has 0 N–H and O–H groups in total. The summed E-state index contributed by atoms with van der Waals surface area (Å²) in [5.41, 5.74) is 0. The normalized spacial score (nSPS) is 17.5. The Morgan fingerprint density at radius 2 is 2.00 bits per heavy atom. The van der Waals surface area contributed by atoms with Crippen molar-refractivity contribution in [3.63, 3.8) is 0 Å². The lowest BCUT2D eigenvalue weighted by molar-refractivity contribution is 0.226. The van der Waals surface area contributed by atoms with Crippen molar-refractivity contribution in [2.24, 2.45) is 0 Å². The quantitative estimate of drug-likeness (QED) is 0.644. The molecule has 0 aromatic heterocycles. The minimum atomic E-state index is -2.91. The molecule has 0 radical (unpaired) electrons. The first-order valence-corrected chi connectivity index (χ1v) is 6.36. The van der Waals surface area contributed by atoms with Crippen LogP contribution in [0.4, 0.5) is 0 Å². The maximum absolute atomic E-state index is 12.1. The van der Waals surface area contributed by atoms with Crippen LogP contribution in [0.2, 0.25) is 0 Å². The van der Waals surface area contributed by atoms with E-state index in [4.69, 9.17) is 9.05 Å². The lowest BCUT2D eigenvalue weighted by Crippen LogP contribution is -1.97. The summed E-state index contributed by atoms with van der Waals surface area (Å²) >= 11 is 0. The second-order valence-electron chi connectivity index (χ2n) is 2.92. The third kappa shape index (κ3) is 2.67. The average molecular weight is 204 g/mol. The van der Waals surface area contributed by atoms with Crippen molar-refractivity contribution in [1.29, 1.82) is 0 Å². The average Bonchev–Trinajstić information content (AvgIpc) is 2.57. The van der Waals surface area contributed by atoms with Crippen LogP contribution in [0.3, 0.4) is 0 Å². The van der Waals surface area contributed by atoms with Crippen molar-refractivity contribution < 1.29 is 13.6 Å². The molecule has 0 atom stereocenters. The minimum Gasteiger partial charge on any atom is -0.306 e. The molecule has 0 saturated heterocycles. The number of rotatable bonds is 5. The van der Waals surface area contributed by atoms with Crippen molar-refractivity contribution in [3.05, 3.63) is 11.4 Å². The van der Waals surface area contributed by atoms with Gasteiger partial charge in [-0.25, -0.2) is 0 Å². The molecule has 0 spiro atoms. The Hall–Kier alpha value is -0.110. The zero-order chi connectivity index (χ0) is 9.73. The van der Waals surface area contributed by atoms with Crippen LogP contribution < -0.4 is 0 Å². The van der Waals surface area contributed by atoms with Gasteiger partial charge in [0.25, 0.3) is 0 Å². The molecule has 76 valence electrons. The molecule has 3 nitrogen and oxygen atoms in total. The molecule has 1 aliphatic carbocycles. The smallest absolute Gasteiger partial charge is 0.306 e. The van der Waals surface area contributed by atoms with Crippen LogP contribution in [0.25, 0.3) is 0 Å². The Labute approximate surface area is 79.7 Å². The summed E-state index contributed by atoms with van der Waals surface area (Å²) in [6.07, 6.45) is 4.92. The third-order valence-electron chi connectivity index (χ3n) is 1.97. The maximum atomic E-state index is 12.1. The van der Waals surface area contributed by atoms with Crippen molar-refractivity contribution in [2.45, 2.75) is 33.1 Å². The van der Waals surface area contributed by atoms with E-state index < -0.39 is 7.60 Å². The predicted molar refractivity (Wildman–Crippen MR) is 52.8 cm³/mol. The van der Waals surface area contributed by atoms with Gasteiger partial charge in [-0.1, -0.05) is 6.08 Å². The van der Waals surface area contributed by atoms with Crippen LogP contribution in [-0.2, 0) is 13.6 Å². The summed E-state index contributed by atoms with van der Waals surface area (Å²) in [4.78, 5) is 0. The molecule has 1 aliphatic rings. The molecule has 0 fully saturated rings. The summed E-state index contributed by atoms with van der Waals surface area (Å²) in [6.45, 7) is 4.55. The summed E-state index contributed by atoms with van der Waals surface area (Å²) < 4.78 is 22.5. The second-order valence-corrected chi connectivity index (χ2v) is 5.01. The zero-order valence-corrected chi connectivity index (χ0v) is 9.18. The zero-order valence-electron chi connectivity index (χ0n) is 8.28. The highest BCUT2D eigenvalue weighted by Gasteiger charge is 2.30. The first kappa shape index (κ1) is 11.0. The summed E-state index contributed by atoms with van der Waals surface area (Å²) in [5.74, 6) is 0. The number of allylic oxidation sites excluding steroid dienone is 2. The second kappa shape index (κ2) is 4.94. The molecular weight excluding hydrogens is 187 g/mol. The van der Waals surface area contributed by atoms with Crippen LogP contribution in [0.15, 0.2) is 11.4 Å². The molecule has 0 unspecified atom stereocenters. The van der Waals surface area contributed by atoms with E-state index in [0.29, 0.717) is 13.2 Å². The van der Waals surface area contributed by atoms with E-state index in [1.165, 1.54) is 0 Å². The van der Waals surface area contributed by atoms with Crippen molar-refractivity contribution >= 4 is 7.60 Å². The summed E-state index contributed by atoms with van der Waals surface area (Å²) in [7, 11) is -2.91.